The van der Waals surface area contributed by atoms with Crippen LogP contribution in [0.15, 0.2) is 9.50 Å². The summed E-state index contributed by atoms with van der Waals surface area (Å²) >= 11 is 4.63. The Bertz CT molecular complexity index is 324. The van der Waals surface area contributed by atoms with Gasteiger partial charge in [-0.1, -0.05) is 0 Å². The quantitative estimate of drug-likeness (QED) is 0.811. The van der Waals surface area contributed by atoms with Gasteiger partial charge >= 0.3 is 5.97 Å². The first-order chi connectivity index (χ1) is 5.57. The molecule has 0 aromatic carbocycles. The smallest absolute Gasteiger partial charge is 0.357 e. The van der Waals surface area contributed by atoms with Gasteiger partial charge in [0.25, 0.3) is 0 Å². The fourth-order valence-corrected chi connectivity index (χ4v) is 2.41. The van der Waals surface area contributed by atoms with E-state index in [1.54, 1.807) is 7.05 Å². The van der Waals surface area contributed by atoms with Gasteiger partial charge in [-0.05, 0) is 22.2 Å². The molecule has 0 unspecified atom stereocenters. The Morgan fingerprint density at radius 2 is 2.33 bits per heavy atom. The molecule has 0 aliphatic rings. The SMILES string of the molecule is CSc1c(Br)c(C(=O)O)nn1C. The predicted octanol–water partition coefficient (Wildman–Crippen LogP) is 1.60. The number of thioether (sulfide) groups is 1. The molecule has 1 aromatic rings. The van der Waals surface area contributed by atoms with Crippen LogP contribution in [0, 0.1) is 0 Å². The summed E-state index contributed by atoms with van der Waals surface area (Å²) in [5.74, 6) is -1.02. The maximum Gasteiger partial charge on any atom is 0.357 e. The highest BCUT2D eigenvalue weighted by atomic mass is 79.9. The fourth-order valence-electron chi connectivity index (χ4n) is 0.841. The van der Waals surface area contributed by atoms with Crippen LogP contribution in [0.2, 0.25) is 0 Å². The lowest BCUT2D eigenvalue weighted by atomic mass is 10.4. The molecule has 0 atom stereocenters. The van der Waals surface area contributed by atoms with Gasteiger partial charge in [0, 0.05) is 7.05 Å². The van der Waals surface area contributed by atoms with E-state index in [4.69, 9.17) is 5.11 Å². The summed E-state index contributed by atoms with van der Waals surface area (Å²) in [6.45, 7) is 0. The molecule has 66 valence electrons. The van der Waals surface area contributed by atoms with E-state index in [1.165, 1.54) is 16.4 Å². The molecule has 1 heterocycles. The average molecular weight is 251 g/mol. The van der Waals surface area contributed by atoms with Crippen molar-refractivity contribution in [1.29, 1.82) is 0 Å². The standard InChI is InChI=1S/C6H7BrN2O2S/c1-9-5(12-2)3(7)4(8-9)6(10)11/h1-2H3,(H,10,11). The molecular formula is C6H7BrN2O2S. The largest absolute Gasteiger partial charge is 0.476 e. The predicted molar refractivity (Wildman–Crippen MR) is 49.6 cm³/mol. The summed E-state index contributed by atoms with van der Waals surface area (Å²) in [7, 11) is 1.71. The van der Waals surface area contributed by atoms with Crippen molar-refractivity contribution < 1.29 is 9.90 Å². The first-order valence-electron chi connectivity index (χ1n) is 3.07. The van der Waals surface area contributed by atoms with Crippen molar-refractivity contribution in [2.45, 2.75) is 5.03 Å². The molecule has 0 radical (unpaired) electrons. The van der Waals surface area contributed by atoms with Crippen LogP contribution in [0.3, 0.4) is 0 Å². The van der Waals surface area contributed by atoms with Crippen LogP contribution in [0.25, 0.3) is 0 Å². The Labute approximate surface area is 82.1 Å². The number of carboxylic acids is 1. The van der Waals surface area contributed by atoms with Gasteiger partial charge in [0.1, 0.15) is 5.03 Å². The monoisotopic (exact) mass is 250 g/mol. The lowest BCUT2D eigenvalue weighted by molar-refractivity contribution is 0.0688. The molecule has 4 nitrogen and oxygen atoms in total. The summed E-state index contributed by atoms with van der Waals surface area (Å²) in [4.78, 5) is 10.6. The van der Waals surface area contributed by atoms with E-state index >= 15 is 0 Å². The minimum atomic E-state index is -1.02. The molecule has 0 saturated heterocycles. The summed E-state index contributed by atoms with van der Waals surface area (Å²) in [6.07, 6.45) is 1.87. The minimum Gasteiger partial charge on any atom is -0.476 e. The molecule has 0 saturated carbocycles. The molecular weight excluding hydrogens is 244 g/mol. The summed E-state index contributed by atoms with van der Waals surface area (Å²) in [5, 5.41) is 13.3. The molecule has 12 heavy (non-hydrogen) atoms. The highest BCUT2D eigenvalue weighted by Gasteiger charge is 2.18. The number of hydrogen-bond donors (Lipinski definition) is 1. The molecule has 0 bridgehead atoms. The Morgan fingerprint density at radius 1 is 1.75 bits per heavy atom. The van der Waals surface area contributed by atoms with E-state index in [0.717, 1.165) is 5.03 Å². The summed E-state index contributed by atoms with van der Waals surface area (Å²) < 4.78 is 2.09. The molecule has 0 fully saturated rings. The number of rotatable bonds is 2. The third-order valence-electron chi connectivity index (χ3n) is 1.34. The molecule has 0 spiro atoms. The first-order valence-corrected chi connectivity index (χ1v) is 5.09. The number of hydrogen-bond acceptors (Lipinski definition) is 3. The van der Waals surface area contributed by atoms with Crippen molar-refractivity contribution in [3.63, 3.8) is 0 Å². The van der Waals surface area contributed by atoms with Gasteiger partial charge < -0.3 is 5.11 Å². The second-order valence-corrected chi connectivity index (χ2v) is 3.69. The first kappa shape index (κ1) is 9.60. The number of aryl methyl sites for hydroxylation is 1. The van der Waals surface area contributed by atoms with Gasteiger partial charge in [-0.2, -0.15) is 5.10 Å². The summed E-state index contributed by atoms with van der Waals surface area (Å²) in [6, 6.07) is 0. The van der Waals surface area contributed by atoms with E-state index in [2.05, 4.69) is 21.0 Å². The second kappa shape index (κ2) is 3.49. The number of nitrogens with zero attached hydrogens (tertiary/aromatic N) is 2. The van der Waals surface area contributed by atoms with Crippen LogP contribution in [0.4, 0.5) is 0 Å². The molecule has 0 amide bonds. The normalized spacial score (nSPS) is 10.2. The molecule has 6 heteroatoms. The molecule has 0 aliphatic carbocycles. The minimum absolute atomic E-state index is 0.0573. The third kappa shape index (κ3) is 1.49. The van der Waals surface area contributed by atoms with Gasteiger partial charge in [-0.25, -0.2) is 4.79 Å². The van der Waals surface area contributed by atoms with Crippen LogP contribution in [0.5, 0.6) is 0 Å². The van der Waals surface area contributed by atoms with Crippen molar-refractivity contribution in [1.82, 2.24) is 9.78 Å². The Kier molecular flexibility index (Phi) is 2.79. The third-order valence-corrected chi connectivity index (χ3v) is 3.20. The molecule has 0 aliphatic heterocycles. The van der Waals surface area contributed by atoms with E-state index in [1.807, 2.05) is 6.26 Å². The van der Waals surface area contributed by atoms with Crippen molar-refractivity contribution in [2.24, 2.45) is 7.05 Å². The van der Waals surface area contributed by atoms with E-state index < -0.39 is 5.97 Å². The zero-order chi connectivity index (χ0) is 9.30. The van der Waals surface area contributed by atoms with Gasteiger partial charge in [-0.3, -0.25) is 4.68 Å². The maximum atomic E-state index is 10.6. The number of aromatic nitrogens is 2. The van der Waals surface area contributed by atoms with Gasteiger partial charge in [0.05, 0.1) is 4.47 Å². The Balaban J connectivity index is 3.26. The molecule has 1 N–H and O–H groups in total. The maximum absolute atomic E-state index is 10.6. The van der Waals surface area contributed by atoms with Gasteiger partial charge in [0.15, 0.2) is 5.69 Å². The van der Waals surface area contributed by atoms with Crippen molar-refractivity contribution in [2.75, 3.05) is 6.26 Å². The molecule has 1 aromatic heterocycles. The number of carbonyl (C=O) groups is 1. The highest BCUT2D eigenvalue weighted by Crippen LogP contribution is 2.28. The Morgan fingerprint density at radius 3 is 2.58 bits per heavy atom. The number of carboxylic acid groups (broad SMARTS) is 1. The van der Waals surface area contributed by atoms with Crippen LogP contribution in [0.1, 0.15) is 10.5 Å². The number of halogens is 1. The van der Waals surface area contributed by atoms with Crippen LogP contribution in [-0.4, -0.2) is 27.1 Å². The van der Waals surface area contributed by atoms with Crippen molar-refractivity contribution >= 4 is 33.7 Å². The summed E-state index contributed by atoms with van der Waals surface area (Å²) in [5.41, 5.74) is 0.0573. The van der Waals surface area contributed by atoms with E-state index in [0.29, 0.717) is 4.47 Å². The second-order valence-electron chi connectivity index (χ2n) is 2.10. The number of aromatic carboxylic acids is 1. The van der Waals surface area contributed by atoms with Crippen molar-refractivity contribution in [3.05, 3.63) is 10.2 Å². The van der Waals surface area contributed by atoms with E-state index in [-0.39, 0.29) is 5.69 Å². The fraction of sp³-hybridized carbons (Fsp3) is 0.333. The topological polar surface area (TPSA) is 55.1 Å². The van der Waals surface area contributed by atoms with Crippen LogP contribution in [-0.2, 0) is 7.05 Å². The van der Waals surface area contributed by atoms with Crippen molar-refractivity contribution in [3.8, 4) is 0 Å². The average Bonchev–Trinajstić information content (AvgIpc) is 2.27. The Hall–Kier alpha value is -0.490. The highest BCUT2D eigenvalue weighted by molar-refractivity contribution is 9.10. The van der Waals surface area contributed by atoms with Crippen LogP contribution >= 0.6 is 27.7 Å². The zero-order valence-corrected chi connectivity index (χ0v) is 8.94. The van der Waals surface area contributed by atoms with E-state index in [9.17, 15) is 4.79 Å². The van der Waals surface area contributed by atoms with Gasteiger partial charge in [-0.15, -0.1) is 11.8 Å². The van der Waals surface area contributed by atoms with Gasteiger partial charge in [0.2, 0.25) is 0 Å². The lowest BCUT2D eigenvalue weighted by Gasteiger charge is -1.94. The van der Waals surface area contributed by atoms with Crippen LogP contribution < -0.4 is 0 Å². The molecule has 1 rings (SSSR count). The zero-order valence-electron chi connectivity index (χ0n) is 6.54. The lowest BCUT2D eigenvalue weighted by Crippen LogP contribution is -1.99.